The molecule has 2 aromatic carbocycles. The number of fused-ring (bicyclic) bond motifs is 2. The van der Waals surface area contributed by atoms with Crippen LogP contribution in [0, 0.1) is 0 Å². The molecule has 39 heavy (non-hydrogen) atoms. The maximum atomic E-state index is 11.9. The molecule has 2 aliphatic heterocycles. The average molecular weight is 572 g/mol. The van der Waals surface area contributed by atoms with Crippen LogP contribution in [-0.2, 0) is 11.2 Å². The van der Waals surface area contributed by atoms with Gasteiger partial charge in [-0.1, -0.05) is 17.7 Å². The number of rotatable bonds is 5. The fourth-order valence-corrected chi connectivity index (χ4v) is 4.84. The Morgan fingerprint density at radius 2 is 1.87 bits per heavy atom. The Morgan fingerprint density at radius 1 is 1.18 bits per heavy atom. The lowest BCUT2D eigenvalue weighted by molar-refractivity contribution is -0.192. The maximum absolute atomic E-state index is 11.9. The van der Waals surface area contributed by atoms with E-state index in [1.54, 1.807) is 18.2 Å². The summed E-state index contributed by atoms with van der Waals surface area (Å²) in [5.74, 6) is -1.48. The second-order valence-electron chi connectivity index (χ2n) is 9.37. The summed E-state index contributed by atoms with van der Waals surface area (Å²) >= 11 is 6.11. The highest BCUT2D eigenvalue weighted by atomic mass is 35.5. The number of aliphatic carboxylic acids is 1. The standard InChI is InChI=1S/C23H24ClN3O5.C2HF3O2/c24-15-4-5-18-14(10-15)11-23(32-18)6-8-27(9-7-23)12-16(28)13-31-19-3-1-2-17-20(19)25-22(30)26-21(17)29;3-2(4,5)1(6)7/h1-5,10,16,28H,6-9,11-13H2,(H2,25,26,29,30);(H,6,7)/t16-;/m0./s1. The number of piperidine rings is 1. The molecule has 1 spiro atoms. The molecule has 0 bridgehead atoms. The highest BCUT2D eigenvalue weighted by Gasteiger charge is 2.42. The third-order valence-corrected chi connectivity index (χ3v) is 6.74. The Bertz CT molecular complexity index is 1470. The van der Waals surface area contributed by atoms with Crippen LogP contribution in [0.5, 0.6) is 11.5 Å². The van der Waals surface area contributed by atoms with E-state index in [4.69, 9.17) is 31.0 Å². The van der Waals surface area contributed by atoms with E-state index < -0.39 is 29.5 Å². The predicted molar refractivity (Wildman–Crippen MR) is 135 cm³/mol. The van der Waals surface area contributed by atoms with Crippen LogP contribution in [-0.4, -0.2) is 75.2 Å². The van der Waals surface area contributed by atoms with E-state index >= 15 is 0 Å². The number of halogens is 4. The predicted octanol–water partition coefficient (Wildman–Crippen LogP) is 2.71. The molecule has 5 rings (SSSR count). The number of likely N-dealkylation sites (tertiary alicyclic amines) is 1. The zero-order chi connectivity index (χ0) is 28.4. The van der Waals surface area contributed by atoms with E-state index in [2.05, 4.69) is 14.9 Å². The van der Waals surface area contributed by atoms with Crippen LogP contribution in [0.4, 0.5) is 13.2 Å². The van der Waals surface area contributed by atoms with Gasteiger partial charge < -0.3 is 29.6 Å². The molecule has 3 aromatic rings. The number of aromatic nitrogens is 2. The van der Waals surface area contributed by atoms with Crippen LogP contribution in [0.1, 0.15) is 18.4 Å². The van der Waals surface area contributed by atoms with Gasteiger partial charge in [-0.2, -0.15) is 13.2 Å². The molecule has 210 valence electrons. The number of β-amino-alcohol motifs (C(OH)–C–C–N with tert-alkyl or cyclic N) is 1. The lowest BCUT2D eigenvalue weighted by atomic mass is 9.87. The number of nitrogens with one attached hydrogen (secondary N) is 2. The van der Waals surface area contributed by atoms with Gasteiger partial charge in [0.2, 0.25) is 0 Å². The number of aliphatic hydroxyl groups is 1. The number of aliphatic hydroxyl groups excluding tert-OH is 1. The van der Waals surface area contributed by atoms with Gasteiger partial charge in [-0.25, -0.2) is 9.59 Å². The Morgan fingerprint density at radius 3 is 2.54 bits per heavy atom. The third kappa shape index (κ3) is 6.91. The number of carboxylic acids is 1. The first-order valence-corrected chi connectivity index (χ1v) is 12.3. The SMILES string of the molecule is O=C(O)C(F)(F)F.O=c1[nH]c(=O)c2cccc(OC[C@@H](O)CN3CCC4(CC3)Cc3cc(Cl)ccc3O4)c2[nH]1. The van der Waals surface area contributed by atoms with E-state index in [0.717, 1.165) is 48.7 Å². The number of alkyl halides is 3. The van der Waals surface area contributed by atoms with Crippen molar-refractivity contribution in [2.45, 2.75) is 37.1 Å². The second-order valence-corrected chi connectivity index (χ2v) is 9.81. The molecule has 0 radical (unpaired) electrons. The van der Waals surface area contributed by atoms with E-state index in [1.807, 2.05) is 18.2 Å². The van der Waals surface area contributed by atoms with Gasteiger partial charge in [-0.05, 0) is 35.9 Å². The summed E-state index contributed by atoms with van der Waals surface area (Å²) in [6, 6.07) is 10.7. The van der Waals surface area contributed by atoms with Crippen LogP contribution < -0.4 is 20.7 Å². The first-order chi connectivity index (χ1) is 18.3. The van der Waals surface area contributed by atoms with Crippen molar-refractivity contribution in [3.8, 4) is 11.5 Å². The van der Waals surface area contributed by atoms with Gasteiger partial charge in [0.05, 0.1) is 10.9 Å². The molecular weight excluding hydrogens is 547 g/mol. The number of carbonyl (C=O) groups is 1. The molecule has 1 saturated heterocycles. The summed E-state index contributed by atoms with van der Waals surface area (Å²) < 4.78 is 43.8. The molecule has 4 N–H and O–H groups in total. The number of hydrogen-bond donors (Lipinski definition) is 4. The van der Waals surface area contributed by atoms with Gasteiger partial charge in [0.15, 0.2) is 0 Å². The van der Waals surface area contributed by atoms with Crippen LogP contribution in [0.15, 0.2) is 46.0 Å². The van der Waals surface area contributed by atoms with Gasteiger partial charge in [0, 0.05) is 43.9 Å². The number of aromatic amines is 2. The highest BCUT2D eigenvalue weighted by molar-refractivity contribution is 6.30. The Hall–Kier alpha value is -3.55. The van der Waals surface area contributed by atoms with E-state index in [1.165, 1.54) is 0 Å². The summed E-state index contributed by atoms with van der Waals surface area (Å²) in [7, 11) is 0. The Kier molecular flexibility index (Phi) is 8.23. The molecule has 0 saturated carbocycles. The van der Waals surface area contributed by atoms with E-state index in [-0.39, 0.29) is 12.2 Å². The van der Waals surface area contributed by atoms with Crippen molar-refractivity contribution in [3.05, 3.63) is 67.8 Å². The minimum Gasteiger partial charge on any atom is -0.489 e. The molecule has 1 fully saturated rings. The Labute approximate surface area is 223 Å². The van der Waals surface area contributed by atoms with Gasteiger partial charge in [-0.3, -0.25) is 9.78 Å². The zero-order valence-electron chi connectivity index (χ0n) is 20.4. The summed E-state index contributed by atoms with van der Waals surface area (Å²) in [6.07, 6.45) is -3.19. The van der Waals surface area contributed by atoms with E-state index in [9.17, 15) is 27.9 Å². The molecule has 1 atom stereocenters. The van der Waals surface area contributed by atoms with Crippen molar-refractivity contribution in [2.24, 2.45) is 0 Å². The number of carboxylic acid groups (broad SMARTS) is 1. The molecule has 14 heteroatoms. The van der Waals surface area contributed by atoms with Crippen LogP contribution in [0.2, 0.25) is 5.02 Å². The molecule has 1 aromatic heterocycles. The van der Waals surface area contributed by atoms with Crippen molar-refractivity contribution < 1.29 is 37.7 Å². The molecule has 3 heterocycles. The smallest absolute Gasteiger partial charge is 0.489 e. The number of para-hydroxylation sites is 1. The molecular formula is C25H25ClF3N3O7. The summed E-state index contributed by atoms with van der Waals surface area (Å²) in [5, 5.41) is 18.7. The molecule has 2 aliphatic rings. The largest absolute Gasteiger partial charge is 0.490 e. The van der Waals surface area contributed by atoms with Crippen molar-refractivity contribution in [3.63, 3.8) is 0 Å². The number of ether oxygens (including phenoxy) is 2. The maximum Gasteiger partial charge on any atom is 0.490 e. The monoisotopic (exact) mass is 571 g/mol. The lowest BCUT2D eigenvalue weighted by Gasteiger charge is -2.39. The Balaban J connectivity index is 0.000000448. The summed E-state index contributed by atoms with van der Waals surface area (Å²) in [4.78, 5) is 39.4. The summed E-state index contributed by atoms with van der Waals surface area (Å²) in [6.45, 7) is 2.15. The topological polar surface area (TPSA) is 145 Å². The van der Waals surface area contributed by atoms with Crippen LogP contribution in [0.3, 0.4) is 0 Å². The fourth-order valence-electron chi connectivity index (χ4n) is 4.65. The van der Waals surface area contributed by atoms with Crippen molar-refractivity contribution in [1.82, 2.24) is 14.9 Å². The third-order valence-electron chi connectivity index (χ3n) is 6.51. The number of benzene rings is 2. The van der Waals surface area contributed by atoms with Crippen molar-refractivity contribution in [1.29, 1.82) is 0 Å². The molecule has 0 unspecified atom stereocenters. The first-order valence-electron chi connectivity index (χ1n) is 11.9. The first kappa shape index (κ1) is 28.5. The second kappa shape index (κ2) is 11.3. The quantitative estimate of drug-likeness (QED) is 0.366. The molecule has 10 nitrogen and oxygen atoms in total. The number of nitrogens with zero attached hydrogens (tertiary/aromatic N) is 1. The number of hydrogen-bond acceptors (Lipinski definition) is 7. The minimum absolute atomic E-state index is 0.0516. The van der Waals surface area contributed by atoms with Gasteiger partial charge in [-0.15, -0.1) is 0 Å². The van der Waals surface area contributed by atoms with Gasteiger partial charge in [0.25, 0.3) is 5.56 Å². The molecule has 0 amide bonds. The minimum atomic E-state index is -5.08. The van der Waals surface area contributed by atoms with Crippen LogP contribution >= 0.6 is 11.6 Å². The molecule has 0 aliphatic carbocycles. The van der Waals surface area contributed by atoms with Crippen molar-refractivity contribution in [2.75, 3.05) is 26.2 Å². The lowest BCUT2D eigenvalue weighted by Crippen LogP contribution is -2.49. The average Bonchev–Trinajstić information content (AvgIpc) is 3.21. The number of H-pyrrole nitrogens is 2. The summed E-state index contributed by atoms with van der Waals surface area (Å²) in [5.41, 5.74) is 0.223. The van der Waals surface area contributed by atoms with Gasteiger partial charge >= 0.3 is 17.8 Å². The van der Waals surface area contributed by atoms with Crippen LogP contribution in [0.25, 0.3) is 10.9 Å². The zero-order valence-corrected chi connectivity index (χ0v) is 21.1. The van der Waals surface area contributed by atoms with E-state index in [0.29, 0.717) is 23.2 Å². The van der Waals surface area contributed by atoms with Crippen molar-refractivity contribution >= 4 is 28.5 Å². The highest BCUT2D eigenvalue weighted by Crippen LogP contribution is 2.41. The van der Waals surface area contributed by atoms with Gasteiger partial charge in [0.1, 0.15) is 29.8 Å². The normalized spacial score (nSPS) is 17.2. The fraction of sp³-hybridized carbons (Fsp3) is 0.400.